The van der Waals surface area contributed by atoms with Gasteiger partial charge < -0.3 is 9.84 Å². The Morgan fingerprint density at radius 3 is 2.03 bits per heavy atom. The number of para-hydroxylation sites is 1. The van der Waals surface area contributed by atoms with Crippen LogP contribution in [-0.4, -0.2) is 23.8 Å². The molecule has 2 N–H and O–H groups in total. The van der Waals surface area contributed by atoms with E-state index in [9.17, 15) is 14.7 Å². The van der Waals surface area contributed by atoms with Crippen molar-refractivity contribution in [3.8, 4) is 11.1 Å². The normalized spacial score (nSPS) is 12.7. The molecule has 0 saturated carbocycles. The molecule has 3 aromatic rings. The first-order chi connectivity index (χ1) is 14.8. The fraction of sp³-hybridized carbons (Fsp3) is 0.231. The van der Waals surface area contributed by atoms with E-state index in [1.165, 1.54) is 6.07 Å². The summed E-state index contributed by atoms with van der Waals surface area (Å²) < 4.78 is 5.60. The summed E-state index contributed by atoms with van der Waals surface area (Å²) in [5.41, 5.74) is 5.26. The van der Waals surface area contributed by atoms with Crippen LogP contribution in [0, 0.1) is 0 Å². The van der Waals surface area contributed by atoms with Gasteiger partial charge in [-0.1, -0.05) is 81.4 Å². The van der Waals surface area contributed by atoms with Crippen molar-refractivity contribution in [2.45, 2.75) is 32.1 Å². The van der Waals surface area contributed by atoms with E-state index in [-0.39, 0.29) is 29.2 Å². The molecule has 0 aliphatic heterocycles. The number of aromatic carboxylic acids is 1. The van der Waals surface area contributed by atoms with Gasteiger partial charge in [-0.3, -0.25) is 5.32 Å². The van der Waals surface area contributed by atoms with Gasteiger partial charge in [0.1, 0.15) is 6.61 Å². The highest BCUT2D eigenvalue weighted by atomic mass is 16.5. The van der Waals surface area contributed by atoms with E-state index in [2.05, 4.69) is 29.6 Å². The van der Waals surface area contributed by atoms with Gasteiger partial charge in [-0.25, -0.2) is 9.59 Å². The number of fused-ring (bicyclic) bond motifs is 3. The molecule has 3 aromatic carbocycles. The molecule has 0 heterocycles. The second-order valence-corrected chi connectivity index (χ2v) is 8.73. The summed E-state index contributed by atoms with van der Waals surface area (Å²) in [6, 6.07) is 21.2. The molecule has 31 heavy (non-hydrogen) atoms. The Hall–Kier alpha value is -3.60. The van der Waals surface area contributed by atoms with E-state index >= 15 is 0 Å². The number of ether oxygens (including phenoxy) is 1. The Bertz CT molecular complexity index is 1110. The van der Waals surface area contributed by atoms with Gasteiger partial charge >= 0.3 is 12.1 Å². The van der Waals surface area contributed by atoms with E-state index in [4.69, 9.17) is 4.74 Å². The zero-order valence-electron chi connectivity index (χ0n) is 17.8. The number of carboxylic acids is 1. The van der Waals surface area contributed by atoms with Crippen molar-refractivity contribution in [2.75, 3.05) is 11.9 Å². The quantitative estimate of drug-likeness (QED) is 0.544. The lowest BCUT2D eigenvalue weighted by Gasteiger charge is -2.24. The molecule has 0 aromatic heterocycles. The van der Waals surface area contributed by atoms with Gasteiger partial charge in [0.15, 0.2) is 0 Å². The third kappa shape index (κ3) is 3.91. The molecule has 0 radical (unpaired) electrons. The van der Waals surface area contributed by atoms with Gasteiger partial charge in [-0.2, -0.15) is 0 Å². The van der Waals surface area contributed by atoms with E-state index in [0.29, 0.717) is 0 Å². The lowest BCUT2D eigenvalue weighted by molar-refractivity contribution is 0.0698. The van der Waals surface area contributed by atoms with Crippen molar-refractivity contribution < 1.29 is 19.4 Å². The zero-order chi connectivity index (χ0) is 22.2. The number of benzene rings is 3. The lowest BCUT2D eigenvalue weighted by Crippen LogP contribution is -2.23. The predicted octanol–water partition coefficient (Wildman–Crippen LogP) is 6.04. The topological polar surface area (TPSA) is 75.6 Å². The largest absolute Gasteiger partial charge is 0.478 e. The van der Waals surface area contributed by atoms with Crippen LogP contribution in [0.15, 0.2) is 66.7 Å². The molecule has 1 aliphatic rings. The summed E-state index contributed by atoms with van der Waals surface area (Å²) in [5, 5.41) is 12.3. The number of hydrogen-bond acceptors (Lipinski definition) is 3. The smallest absolute Gasteiger partial charge is 0.411 e. The minimum Gasteiger partial charge on any atom is -0.478 e. The van der Waals surface area contributed by atoms with Crippen molar-refractivity contribution >= 4 is 17.7 Å². The fourth-order valence-electron chi connectivity index (χ4n) is 4.23. The molecule has 5 heteroatoms. The minimum atomic E-state index is -1.10. The van der Waals surface area contributed by atoms with Crippen LogP contribution in [0.5, 0.6) is 0 Å². The van der Waals surface area contributed by atoms with Crippen molar-refractivity contribution in [2.24, 2.45) is 0 Å². The number of nitrogens with one attached hydrogen (secondary N) is 1. The van der Waals surface area contributed by atoms with Crippen LogP contribution >= 0.6 is 0 Å². The molecular formula is C26H25NO4. The van der Waals surface area contributed by atoms with Crippen molar-refractivity contribution in [3.63, 3.8) is 0 Å². The second kappa shape index (κ2) is 7.91. The standard InChI is InChI=1S/C26H25NO4/c1-26(2,3)22-14-8-13-20(24(28)29)23(22)27-25(30)31-15-21-18-11-6-4-9-16(18)17-10-5-7-12-19(17)21/h4-14,21H,15H2,1-3H3,(H,27,30)(H,28,29). The maximum absolute atomic E-state index is 12.7. The number of hydrogen-bond donors (Lipinski definition) is 2. The van der Waals surface area contributed by atoms with E-state index < -0.39 is 12.1 Å². The second-order valence-electron chi connectivity index (χ2n) is 8.73. The molecule has 0 saturated heterocycles. The molecule has 158 valence electrons. The first kappa shape index (κ1) is 20.7. The van der Waals surface area contributed by atoms with E-state index in [0.717, 1.165) is 27.8 Å². The Morgan fingerprint density at radius 1 is 0.903 bits per heavy atom. The number of carbonyl (C=O) groups is 2. The first-order valence-electron chi connectivity index (χ1n) is 10.3. The number of amides is 1. The summed E-state index contributed by atoms with van der Waals surface area (Å²) in [5.74, 6) is -1.16. The molecule has 1 amide bonds. The average molecular weight is 415 g/mol. The van der Waals surface area contributed by atoms with Gasteiger partial charge in [0.25, 0.3) is 0 Å². The summed E-state index contributed by atoms with van der Waals surface area (Å²) in [4.78, 5) is 24.5. The average Bonchev–Trinajstić information content (AvgIpc) is 3.05. The maximum atomic E-state index is 12.7. The van der Waals surface area contributed by atoms with Crippen LogP contribution in [-0.2, 0) is 10.2 Å². The fourth-order valence-corrected chi connectivity index (χ4v) is 4.23. The summed E-state index contributed by atoms with van der Waals surface area (Å²) >= 11 is 0. The zero-order valence-corrected chi connectivity index (χ0v) is 17.8. The number of carbonyl (C=O) groups excluding carboxylic acids is 1. The van der Waals surface area contributed by atoms with E-state index in [1.54, 1.807) is 6.07 Å². The summed E-state index contributed by atoms with van der Waals surface area (Å²) in [7, 11) is 0. The predicted molar refractivity (Wildman–Crippen MR) is 121 cm³/mol. The van der Waals surface area contributed by atoms with Crippen LogP contribution in [0.2, 0.25) is 0 Å². The SMILES string of the molecule is CC(C)(C)c1cccc(C(=O)O)c1NC(=O)OCC1c2ccccc2-c2ccccc21. The Labute approximate surface area is 181 Å². The molecule has 5 nitrogen and oxygen atoms in total. The summed E-state index contributed by atoms with van der Waals surface area (Å²) in [6.45, 7) is 6.07. The Morgan fingerprint density at radius 2 is 1.48 bits per heavy atom. The Balaban J connectivity index is 1.57. The number of rotatable bonds is 4. The van der Waals surface area contributed by atoms with Crippen LogP contribution in [0.25, 0.3) is 11.1 Å². The lowest BCUT2D eigenvalue weighted by atomic mass is 9.84. The number of anilines is 1. The highest BCUT2D eigenvalue weighted by Crippen LogP contribution is 2.44. The van der Waals surface area contributed by atoms with Gasteiger partial charge in [-0.05, 0) is 39.3 Å². The van der Waals surface area contributed by atoms with Gasteiger partial charge in [0, 0.05) is 5.92 Å². The van der Waals surface area contributed by atoms with Gasteiger partial charge in [-0.15, -0.1) is 0 Å². The highest BCUT2D eigenvalue weighted by molar-refractivity contribution is 6.00. The van der Waals surface area contributed by atoms with Crippen LogP contribution in [0.4, 0.5) is 10.5 Å². The molecule has 0 bridgehead atoms. The van der Waals surface area contributed by atoms with Crippen molar-refractivity contribution in [1.82, 2.24) is 0 Å². The molecule has 0 atom stereocenters. The molecular weight excluding hydrogens is 390 g/mol. The monoisotopic (exact) mass is 415 g/mol. The third-order valence-electron chi connectivity index (χ3n) is 5.67. The highest BCUT2D eigenvalue weighted by Gasteiger charge is 2.30. The van der Waals surface area contributed by atoms with Crippen LogP contribution < -0.4 is 5.32 Å². The van der Waals surface area contributed by atoms with Gasteiger partial charge in [0.2, 0.25) is 0 Å². The van der Waals surface area contributed by atoms with Crippen LogP contribution in [0.3, 0.4) is 0 Å². The molecule has 0 unspecified atom stereocenters. The summed E-state index contributed by atoms with van der Waals surface area (Å²) in [6.07, 6.45) is -0.666. The molecule has 4 rings (SSSR count). The minimum absolute atomic E-state index is 0.0425. The van der Waals surface area contributed by atoms with Crippen LogP contribution in [0.1, 0.15) is 53.7 Å². The number of carboxylic acid groups (broad SMARTS) is 1. The van der Waals surface area contributed by atoms with Crippen molar-refractivity contribution in [3.05, 3.63) is 89.0 Å². The Kier molecular flexibility index (Phi) is 5.27. The first-order valence-corrected chi connectivity index (χ1v) is 10.3. The molecule has 0 spiro atoms. The van der Waals surface area contributed by atoms with E-state index in [1.807, 2.05) is 51.1 Å². The molecule has 1 aliphatic carbocycles. The molecule has 0 fully saturated rings. The third-order valence-corrected chi connectivity index (χ3v) is 5.67. The maximum Gasteiger partial charge on any atom is 0.411 e. The van der Waals surface area contributed by atoms with Crippen molar-refractivity contribution in [1.29, 1.82) is 0 Å². The van der Waals surface area contributed by atoms with Gasteiger partial charge in [0.05, 0.1) is 11.3 Å².